The number of aromatic nitrogens is 2. The van der Waals surface area contributed by atoms with Crippen LogP contribution in [0.4, 0.5) is 42.9 Å². The van der Waals surface area contributed by atoms with E-state index in [0.29, 0.717) is 56.9 Å². The Bertz CT molecular complexity index is 3080. The van der Waals surface area contributed by atoms with Gasteiger partial charge in [-0.25, -0.2) is 28.3 Å². The van der Waals surface area contributed by atoms with Crippen LogP contribution in [0.15, 0.2) is 142 Å². The van der Waals surface area contributed by atoms with Gasteiger partial charge in [-0.1, -0.05) is 26.2 Å². The lowest BCUT2D eigenvalue weighted by Gasteiger charge is -2.11. The van der Waals surface area contributed by atoms with Crippen molar-refractivity contribution in [3.8, 4) is 21.1 Å². The highest BCUT2D eigenvalue weighted by Gasteiger charge is 2.15. The van der Waals surface area contributed by atoms with Gasteiger partial charge in [0.1, 0.15) is 21.4 Å². The molecule has 0 spiro atoms. The molecule has 6 aromatic carbocycles. The zero-order valence-electron chi connectivity index (χ0n) is 38.6. The molecule has 0 atom stereocenters. The second-order valence-corrected chi connectivity index (χ2v) is 17.9. The third kappa shape index (κ3) is 12.6. The number of halogens is 2. The zero-order chi connectivity index (χ0) is 48.2. The van der Waals surface area contributed by atoms with Gasteiger partial charge in [0.05, 0.1) is 56.1 Å². The molecule has 0 aliphatic heterocycles. The van der Waals surface area contributed by atoms with Crippen molar-refractivity contribution in [2.24, 2.45) is 20.5 Å². The maximum absolute atomic E-state index is 14.8. The number of rotatable bonds is 16. The van der Waals surface area contributed by atoms with E-state index in [1.54, 1.807) is 67.6 Å². The average molecular weight is 953 g/mol. The normalized spacial score (nSPS) is 11.3. The topological polar surface area (TPSA) is 134 Å². The summed E-state index contributed by atoms with van der Waals surface area (Å²) in [6.07, 6.45) is 4.21. The summed E-state index contributed by atoms with van der Waals surface area (Å²) in [6, 6.07) is 35.0. The third-order valence-electron chi connectivity index (χ3n) is 10.4. The number of azo groups is 2. The third-order valence-corrected chi connectivity index (χ3v) is 12.6. The molecule has 348 valence electrons. The first-order valence-electron chi connectivity index (χ1n) is 22.0. The number of hydrogen-bond acceptors (Lipinski definition) is 14. The number of nitrogens with zero attached hydrogens (tertiary/aromatic N) is 8. The van der Waals surface area contributed by atoms with E-state index < -0.39 is 11.6 Å². The molecule has 16 heteroatoms. The fourth-order valence-corrected chi connectivity index (χ4v) is 8.64. The van der Waals surface area contributed by atoms with Gasteiger partial charge in [-0.05, 0) is 135 Å². The number of benzene rings is 6. The summed E-state index contributed by atoms with van der Waals surface area (Å²) in [5, 5.41) is 17.7. The summed E-state index contributed by atoms with van der Waals surface area (Å²) in [7, 11) is 7.83. The van der Waals surface area contributed by atoms with Crippen molar-refractivity contribution in [2.75, 3.05) is 51.2 Å². The highest BCUT2D eigenvalue weighted by molar-refractivity contribution is 7.22. The molecular formula is C52H50F2N8O4S2. The Kier molecular flexibility index (Phi) is 16.4. The van der Waals surface area contributed by atoms with Gasteiger partial charge in [0, 0.05) is 50.7 Å². The molecule has 0 amide bonds. The minimum atomic E-state index is -0.484. The summed E-state index contributed by atoms with van der Waals surface area (Å²) in [5.41, 5.74) is 7.41. The molecule has 12 nitrogen and oxygen atoms in total. The van der Waals surface area contributed by atoms with Crippen LogP contribution in [0.1, 0.15) is 60.2 Å². The summed E-state index contributed by atoms with van der Waals surface area (Å²) in [6.45, 7) is 4.65. The second-order valence-electron chi connectivity index (χ2n) is 15.9. The molecule has 0 radical (unpaired) electrons. The molecule has 0 saturated carbocycles. The second kappa shape index (κ2) is 22.9. The van der Waals surface area contributed by atoms with Crippen molar-refractivity contribution in [1.82, 2.24) is 9.97 Å². The predicted molar refractivity (Wildman–Crippen MR) is 270 cm³/mol. The molecule has 0 aliphatic rings. The van der Waals surface area contributed by atoms with Crippen molar-refractivity contribution in [3.63, 3.8) is 0 Å². The fourth-order valence-electron chi connectivity index (χ4n) is 6.64. The van der Waals surface area contributed by atoms with Crippen LogP contribution >= 0.6 is 22.7 Å². The van der Waals surface area contributed by atoms with E-state index in [9.17, 15) is 18.4 Å². The molecule has 8 aromatic rings. The smallest absolute Gasteiger partial charge is 0.338 e. The molecule has 0 bridgehead atoms. The minimum Gasteiger partial charge on any atom is -0.462 e. The van der Waals surface area contributed by atoms with E-state index >= 15 is 0 Å². The van der Waals surface area contributed by atoms with E-state index in [4.69, 9.17) is 9.47 Å². The molecule has 0 aliphatic carbocycles. The van der Waals surface area contributed by atoms with E-state index in [2.05, 4.69) is 37.3 Å². The summed E-state index contributed by atoms with van der Waals surface area (Å²) >= 11 is 2.79. The Morgan fingerprint density at radius 2 is 1.00 bits per heavy atom. The van der Waals surface area contributed by atoms with E-state index in [1.165, 1.54) is 34.8 Å². The lowest BCUT2D eigenvalue weighted by Crippen LogP contribution is -2.07. The number of thiazole rings is 2. The monoisotopic (exact) mass is 952 g/mol. The van der Waals surface area contributed by atoms with Crippen LogP contribution in [0.5, 0.6) is 0 Å². The Morgan fingerprint density at radius 3 is 1.41 bits per heavy atom. The Balaban J connectivity index is 0.000000203. The van der Waals surface area contributed by atoms with Crippen LogP contribution < -0.4 is 9.80 Å². The van der Waals surface area contributed by atoms with Crippen LogP contribution in [0.3, 0.4) is 0 Å². The minimum absolute atomic E-state index is 0.149. The summed E-state index contributed by atoms with van der Waals surface area (Å²) in [5.74, 6) is -1.67. The average Bonchev–Trinajstić information content (AvgIpc) is 3.98. The molecule has 68 heavy (non-hydrogen) atoms. The molecule has 0 saturated heterocycles. The first-order chi connectivity index (χ1) is 32.9. The lowest BCUT2D eigenvalue weighted by molar-refractivity contribution is 0.0495. The van der Waals surface area contributed by atoms with E-state index in [0.717, 1.165) is 57.5 Å². The molecular weight excluding hydrogens is 903 g/mol. The number of unbranched alkanes of at least 4 members (excludes halogenated alkanes) is 3. The van der Waals surface area contributed by atoms with E-state index in [1.807, 2.05) is 86.5 Å². The van der Waals surface area contributed by atoms with Gasteiger partial charge in [0.25, 0.3) is 0 Å². The standard InChI is InChI=1S/C28H29FN4O2S.C24H21FN4O2S/c1-4-5-6-7-16-35-28(34)20-9-15-25-26(18-20)36-27(30-25)19-8-14-24(23(29)17-19)32-31-21-10-12-22(13-11-21)33(2)3;1-4-31-24(30)16-6-12-21-22(14-16)32-23(26-21)15-5-11-20(19(25)13-15)28-27-17-7-9-18(10-8-17)29(2)3/h8-15,17-18H,4-7,16H2,1-3H3;5-14H,4H2,1-3H3. The first kappa shape index (κ1) is 48.6. The summed E-state index contributed by atoms with van der Waals surface area (Å²) < 4.78 is 41.6. The summed E-state index contributed by atoms with van der Waals surface area (Å²) in [4.78, 5) is 37.5. The maximum Gasteiger partial charge on any atom is 0.338 e. The lowest BCUT2D eigenvalue weighted by atomic mass is 10.2. The van der Waals surface area contributed by atoms with Crippen molar-refractivity contribution in [1.29, 1.82) is 0 Å². The maximum atomic E-state index is 14.8. The number of carbonyl (C=O) groups is 2. The SMILES string of the molecule is CCCCCCOC(=O)c1ccc2nc(-c3ccc(N=Nc4ccc(N(C)C)cc4)c(F)c3)sc2c1.CCOC(=O)c1ccc2nc(-c3ccc(N=Nc4ccc(N(C)C)cc4)c(F)c3)sc2c1. The first-order valence-corrected chi connectivity index (χ1v) is 23.7. The number of anilines is 2. The van der Waals surface area contributed by atoms with Crippen molar-refractivity contribution in [3.05, 3.63) is 144 Å². The Labute approximate surface area is 401 Å². The quantitative estimate of drug-likeness (QED) is 0.0531. The molecule has 8 rings (SSSR count). The molecule has 2 aromatic heterocycles. The number of carbonyl (C=O) groups excluding carboxylic acids is 2. The van der Waals surface area contributed by atoms with Crippen LogP contribution in [0, 0.1) is 11.6 Å². The Morgan fingerprint density at radius 1 is 0.544 bits per heavy atom. The van der Waals surface area contributed by atoms with Crippen molar-refractivity contribution >= 4 is 89.2 Å². The zero-order valence-corrected chi connectivity index (χ0v) is 40.2. The van der Waals surface area contributed by atoms with E-state index in [-0.39, 0.29) is 23.3 Å². The van der Waals surface area contributed by atoms with Gasteiger partial charge in [0.2, 0.25) is 0 Å². The number of esters is 2. The van der Waals surface area contributed by atoms with Crippen LogP contribution in [0.2, 0.25) is 0 Å². The number of ether oxygens (including phenoxy) is 2. The van der Waals surface area contributed by atoms with Gasteiger partial charge < -0.3 is 19.3 Å². The van der Waals surface area contributed by atoms with Crippen LogP contribution in [0.25, 0.3) is 41.6 Å². The van der Waals surface area contributed by atoms with Gasteiger partial charge in [-0.15, -0.1) is 32.9 Å². The van der Waals surface area contributed by atoms with Gasteiger partial charge >= 0.3 is 11.9 Å². The van der Waals surface area contributed by atoms with Gasteiger partial charge in [-0.2, -0.15) is 10.2 Å². The fraction of sp³-hybridized carbons (Fsp3) is 0.231. The molecule has 0 fully saturated rings. The van der Waals surface area contributed by atoms with Crippen LogP contribution in [-0.4, -0.2) is 63.3 Å². The Hall–Kier alpha value is -7.30. The van der Waals surface area contributed by atoms with Gasteiger partial charge in [-0.3, -0.25) is 0 Å². The highest BCUT2D eigenvalue weighted by Crippen LogP contribution is 2.35. The molecule has 0 unspecified atom stereocenters. The van der Waals surface area contributed by atoms with Gasteiger partial charge in [0.15, 0.2) is 11.6 Å². The largest absolute Gasteiger partial charge is 0.462 e. The molecule has 0 N–H and O–H groups in total. The molecule has 2 heterocycles. The number of hydrogen-bond donors (Lipinski definition) is 0. The van der Waals surface area contributed by atoms with Crippen molar-refractivity contribution in [2.45, 2.75) is 39.5 Å². The van der Waals surface area contributed by atoms with Crippen LogP contribution in [-0.2, 0) is 9.47 Å². The number of fused-ring (bicyclic) bond motifs is 2. The predicted octanol–water partition coefficient (Wildman–Crippen LogP) is 15.1. The van der Waals surface area contributed by atoms with Crippen molar-refractivity contribution < 1.29 is 27.8 Å². The highest BCUT2D eigenvalue weighted by atomic mass is 32.1.